The summed E-state index contributed by atoms with van der Waals surface area (Å²) < 4.78 is 10.7. The number of Topliss-reactive ketones (excluding diaryl/α,β-unsaturated/α-hetero) is 1. The van der Waals surface area contributed by atoms with E-state index in [1.807, 2.05) is 0 Å². The van der Waals surface area contributed by atoms with E-state index in [2.05, 4.69) is 15.9 Å². The minimum absolute atomic E-state index is 0.212. The number of carboxylic acids is 1. The number of hydrogen-bond donors (Lipinski definition) is 1. The van der Waals surface area contributed by atoms with Gasteiger partial charge in [0.25, 0.3) is 0 Å². The summed E-state index contributed by atoms with van der Waals surface area (Å²) in [5.74, 6) is -0.542. The van der Waals surface area contributed by atoms with E-state index in [1.54, 1.807) is 0 Å². The maximum Gasteiger partial charge on any atom is 0.304 e. The van der Waals surface area contributed by atoms with Gasteiger partial charge >= 0.3 is 5.97 Å². The third kappa shape index (κ3) is 3.19. The van der Waals surface area contributed by atoms with Gasteiger partial charge in [-0.2, -0.15) is 0 Å². The molecule has 1 heterocycles. The lowest BCUT2D eigenvalue weighted by atomic mass is 10.1. The zero-order valence-electron chi connectivity index (χ0n) is 9.69. The van der Waals surface area contributed by atoms with Gasteiger partial charge in [0.15, 0.2) is 17.3 Å². The topological polar surface area (TPSA) is 72.8 Å². The zero-order valence-corrected chi connectivity index (χ0v) is 12.0. The van der Waals surface area contributed by atoms with Gasteiger partial charge in [-0.15, -0.1) is 0 Å². The molecule has 1 unspecified atom stereocenters. The SMILES string of the molecule is O=C(O)CC(Br)C(=O)c1cc2c(cc1Cl)OCCO2. The molecule has 7 heteroatoms. The molecule has 0 fully saturated rings. The van der Waals surface area contributed by atoms with E-state index < -0.39 is 16.6 Å². The van der Waals surface area contributed by atoms with Crippen molar-refractivity contribution < 1.29 is 24.2 Å². The summed E-state index contributed by atoms with van der Waals surface area (Å²) >= 11 is 9.06. The summed E-state index contributed by atoms with van der Waals surface area (Å²) in [5.41, 5.74) is 0.217. The van der Waals surface area contributed by atoms with Crippen molar-refractivity contribution >= 4 is 39.3 Å². The molecule has 2 rings (SSSR count). The first kappa shape index (κ1) is 14.1. The van der Waals surface area contributed by atoms with Crippen molar-refractivity contribution in [3.8, 4) is 11.5 Å². The average molecular weight is 350 g/mol. The number of rotatable bonds is 4. The maximum absolute atomic E-state index is 12.1. The molecule has 1 N–H and O–H groups in total. The summed E-state index contributed by atoms with van der Waals surface area (Å²) in [7, 11) is 0. The molecule has 1 aliphatic rings. The smallest absolute Gasteiger partial charge is 0.304 e. The first-order valence-electron chi connectivity index (χ1n) is 5.48. The van der Waals surface area contributed by atoms with Crippen LogP contribution in [0.25, 0.3) is 0 Å². The number of benzene rings is 1. The van der Waals surface area contributed by atoms with Gasteiger partial charge in [0, 0.05) is 11.6 Å². The molecule has 0 bridgehead atoms. The lowest BCUT2D eigenvalue weighted by Crippen LogP contribution is -2.20. The maximum atomic E-state index is 12.1. The molecule has 1 aromatic rings. The molecule has 0 aromatic heterocycles. The Hall–Kier alpha value is -1.27. The van der Waals surface area contributed by atoms with Crippen molar-refractivity contribution in [1.82, 2.24) is 0 Å². The van der Waals surface area contributed by atoms with Gasteiger partial charge in [-0.1, -0.05) is 27.5 Å². The van der Waals surface area contributed by atoms with Crippen LogP contribution in [0.4, 0.5) is 0 Å². The Bertz CT molecular complexity index is 531. The third-order valence-electron chi connectivity index (χ3n) is 2.54. The van der Waals surface area contributed by atoms with Crippen LogP contribution in [-0.4, -0.2) is 34.9 Å². The van der Waals surface area contributed by atoms with Crippen LogP contribution in [0.5, 0.6) is 11.5 Å². The predicted octanol–water partition coefficient (Wildman–Crippen LogP) is 2.53. The first-order valence-corrected chi connectivity index (χ1v) is 6.77. The zero-order chi connectivity index (χ0) is 14.0. The van der Waals surface area contributed by atoms with Crippen molar-refractivity contribution in [3.63, 3.8) is 0 Å². The number of ether oxygens (including phenoxy) is 2. The Kier molecular flexibility index (Phi) is 4.31. The van der Waals surface area contributed by atoms with E-state index in [1.165, 1.54) is 12.1 Å². The molecule has 102 valence electrons. The predicted molar refractivity (Wildman–Crippen MR) is 71.7 cm³/mol. The molecule has 5 nitrogen and oxygen atoms in total. The molecule has 0 saturated heterocycles. The van der Waals surface area contributed by atoms with Crippen LogP contribution in [0.3, 0.4) is 0 Å². The van der Waals surface area contributed by atoms with Crippen LogP contribution in [0.2, 0.25) is 5.02 Å². The van der Waals surface area contributed by atoms with E-state index in [9.17, 15) is 9.59 Å². The summed E-state index contributed by atoms with van der Waals surface area (Å²) in [4.78, 5) is 21.9. The van der Waals surface area contributed by atoms with Crippen LogP contribution >= 0.6 is 27.5 Å². The second-order valence-electron chi connectivity index (χ2n) is 3.91. The number of alkyl halides is 1. The molecule has 0 spiro atoms. The quantitative estimate of drug-likeness (QED) is 0.668. The minimum atomic E-state index is -1.07. The highest BCUT2D eigenvalue weighted by molar-refractivity contribution is 9.10. The van der Waals surface area contributed by atoms with Crippen molar-refractivity contribution in [2.75, 3.05) is 13.2 Å². The average Bonchev–Trinajstić information content (AvgIpc) is 2.36. The number of aliphatic carboxylic acids is 1. The molecule has 0 aliphatic carbocycles. The summed E-state index contributed by atoms with van der Waals surface area (Å²) in [6, 6.07) is 2.99. The Morgan fingerprint density at radius 2 is 1.89 bits per heavy atom. The highest BCUT2D eigenvalue weighted by Crippen LogP contribution is 2.36. The largest absolute Gasteiger partial charge is 0.486 e. The second-order valence-corrected chi connectivity index (χ2v) is 5.42. The fraction of sp³-hybridized carbons (Fsp3) is 0.333. The van der Waals surface area contributed by atoms with Crippen molar-refractivity contribution in [2.24, 2.45) is 0 Å². The van der Waals surface area contributed by atoms with E-state index in [4.69, 9.17) is 26.2 Å². The van der Waals surface area contributed by atoms with Crippen molar-refractivity contribution in [2.45, 2.75) is 11.2 Å². The normalized spacial score (nSPS) is 14.8. The molecule has 19 heavy (non-hydrogen) atoms. The molecular weight excluding hydrogens is 339 g/mol. The Morgan fingerprint density at radius 1 is 1.32 bits per heavy atom. The summed E-state index contributed by atoms with van der Waals surface area (Å²) in [6.07, 6.45) is -0.316. The number of ketones is 1. The summed E-state index contributed by atoms with van der Waals surface area (Å²) in [5, 5.41) is 8.89. The highest BCUT2D eigenvalue weighted by Gasteiger charge is 2.25. The van der Waals surface area contributed by atoms with E-state index in [0.29, 0.717) is 24.7 Å². The van der Waals surface area contributed by atoms with Gasteiger partial charge in [0.1, 0.15) is 13.2 Å². The van der Waals surface area contributed by atoms with Gasteiger partial charge < -0.3 is 14.6 Å². The van der Waals surface area contributed by atoms with Gasteiger partial charge in [-0.05, 0) is 6.07 Å². The van der Waals surface area contributed by atoms with Gasteiger partial charge in [-0.25, -0.2) is 0 Å². The third-order valence-corrected chi connectivity index (χ3v) is 3.59. The number of halogens is 2. The number of carbonyl (C=O) groups is 2. The lowest BCUT2D eigenvalue weighted by molar-refractivity contribution is -0.136. The van der Waals surface area contributed by atoms with Gasteiger partial charge in [0.05, 0.1) is 16.3 Å². The fourth-order valence-corrected chi connectivity index (χ4v) is 2.44. The molecule has 0 amide bonds. The standard InChI is InChI=1S/C12H10BrClO5/c13-7(4-11(15)16)12(17)6-3-9-10(5-8(6)14)19-2-1-18-9/h3,5,7H,1-2,4H2,(H,15,16). The Balaban J connectivity index is 2.29. The second kappa shape index (κ2) is 5.79. The number of hydrogen-bond acceptors (Lipinski definition) is 4. The van der Waals surface area contributed by atoms with Crippen LogP contribution in [0.15, 0.2) is 12.1 Å². The lowest BCUT2D eigenvalue weighted by Gasteiger charge is -2.20. The van der Waals surface area contributed by atoms with E-state index >= 15 is 0 Å². The Labute approximate surface area is 122 Å². The fourth-order valence-electron chi connectivity index (χ4n) is 1.67. The molecule has 1 aromatic carbocycles. The Morgan fingerprint density at radius 3 is 2.47 bits per heavy atom. The minimum Gasteiger partial charge on any atom is -0.486 e. The molecular formula is C12H10BrClO5. The van der Waals surface area contributed by atoms with Gasteiger partial charge in [0.2, 0.25) is 0 Å². The van der Waals surface area contributed by atoms with E-state index in [0.717, 1.165) is 0 Å². The van der Waals surface area contributed by atoms with Crippen molar-refractivity contribution in [1.29, 1.82) is 0 Å². The summed E-state index contributed by atoms with van der Waals surface area (Å²) in [6.45, 7) is 0.825. The monoisotopic (exact) mass is 348 g/mol. The van der Waals surface area contributed by atoms with Crippen molar-refractivity contribution in [3.05, 3.63) is 22.7 Å². The number of carboxylic acid groups (broad SMARTS) is 1. The number of fused-ring (bicyclic) bond motifs is 1. The van der Waals surface area contributed by atoms with Crippen LogP contribution in [0, 0.1) is 0 Å². The van der Waals surface area contributed by atoms with E-state index in [-0.39, 0.29) is 17.0 Å². The van der Waals surface area contributed by atoms with Crippen LogP contribution in [-0.2, 0) is 4.79 Å². The molecule has 0 saturated carbocycles. The highest BCUT2D eigenvalue weighted by atomic mass is 79.9. The molecule has 1 aliphatic heterocycles. The van der Waals surface area contributed by atoms with Crippen LogP contribution in [0.1, 0.15) is 16.8 Å². The molecule has 1 atom stereocenters. The number of carbonyl (C=O) groups excluding carboxylic acids is 1. The first-order chi connectivity index (χ1) is 8.99. The molecule has 0 radical (unpaired) electrons. The van der Waals surface area contributed by atoms with Crippen LogP contribution < -0.4 is 9.47 Å². The van der Waals surface area contributed by atoms with Gasteiger partial charge in [-0.3, -0.25) is 9.59 Å².